The number of aryl methyl sites for hydroxylation is 2. The van der Waals surface area contributed by atoms with Crippen molar-refractivity contribution in [3.05, 3.63) is 76.2 Å². The average molecular weight is 545 g/mol. The molecule has 0 saturated heterocycles. The van der Waals surface area contributed by atoms with Crippen LogP contribution in [0.3, 0.4) is 0 Å². The molecule has 40 heavy (non-hydrogen) atoms. The van der Waals surface area contributed by atoms with Crippen molar-refractivity contribution in [2.75, 3.05) is 11.1 Å². The predicted molar refractivity (Wildman–Crippen MR) is 149 cm³/mol. The van der Waals surface area contributed by atoms with Gasteiger partial charge in [0.05, 0.1) is 17.5 Å². The summed E-state index contributed by atoms with van der Waals surface area (Å²) >= 11 is 0. The Morgan fingerprint density at radius 1 is 1.07 bits per heavy atom. The minimum Gasteiger partial charge on any atom is -0.393 e. The molecule has 1 fully saturated rings. The van der Waals surface area contributed by atoms with Crippen molar-refractivity contribution in [2.45, 2.75) is 64.5 Å². The van der Waals surface area contributed by atoms with Gasteiger partial charge in [-0.05, 0) is 80.8 Å². The predicted octanol–water partition coefficient (Wildman–Crippen LogP) is 5.27. The van der Waals surface area contributed by atoms with Gasteiger partial charge in [-0.25, -0.2) is 23.4 Å². The summed E-state index contributed by atoms with van der Waals surface area (Å²) in [6.45, 7) is 4.30. The number of carbonyl (C=O) groups is 1. The summed E-state index contributed by atoms with van der Waals surface area (Å²) in [5, 5.41) is 18.0. The molecule has 1 aliphatic rings. The van der Waals surface area contributed by atoms with E-state index in [1.54, 1.807) is 19.1 Å². The van der Waals surface area contributed by atoms with Gasteiger partial charge in [-0.2, -0.15) is 5.10 Å². The highest BCUT2D eigenvalue weighted by atomic mass is 19.3. The number of rotatable bonds is 4. The Labute approximate surface area is 230 Å². The lowest BCUT2D eigenvalue weighted by atomic mass is 9.93. The first-order valence-corrected chi connectivity index (χ1v) is 13.1. The molecule has 4 aromatic rings. The molecule has 0 radical (unpaired) electrons. The Kier molecular flexibility index (Phi) is 7.25. The first kappa shape index (κ1) is 27.2. The van der Waals surface area contributed by atoms with E-state index in [2.05, 4.69) is 27.1 Å². The van der Waals surface area contributed by atoms with Crippen molar-refractivity contribution in [3.63, 3.8) is 0 Å². The first-order valence-electron chi connectivity index (χ1n) is 13.1. The third-order valence-corrected chi connectivity index (χ3v) is 7.31. The molecule has 4 N–H and O–H groups in total. The molecule has 2 heterocycles. The molecule has 0 spiro atoms. The van der Waals surface area contributed by atoms with Gasteiger partial charge in [0, 0.05) is 29.3 Å². The topological polar surface area (TPSA) is 119 Å². The molecule has 10 heteroatoms. The minimum absolute atomic E-state index is 0.0750. The zero-order valence-corrected chi connectivity index (χ0v) is 22.5. The van der Waals surface area contributed by atoms with Crippen LogP contribution in [0.1, 0.15) is 77.0 Å². The van der Waals surface area contributed by atoms with Crippen LogP contribution in [0.5, 0.6) is 0 Å². The maximum Gasteiger partial charge on any atom is 0.270 e. The zero-order valence-electron chi connectivity index (χ0n) is 22.5. The van der Waals surface area contributed by atoms with Crippen molar-refractivity contribution in [1.29, 1.82) is 0 Å². The Bertz CT molecular complexity index is 1660. The summed E-state index contributed by atoms with van der Waals surface area (Å²) in [5.41, 5.74) is 9.62. The summed E-state index contributed by atoms with van der Waals surface area (Å²) in [6, 6.07) is 9.62. The van der Waals surface area contributed by atoms with Crippen molar-refractivity contribution in [1.82, 2.24) is 19.7 Å². The number of benzene rings is 2. The standard InChI is InChI=1S/C30H30F2N6O2/c1-17-5-8-21(36-29(40)20-6-4-18(2)24(15-20)30(3,31)32)14-19(17)7-13-25-26-27(33)34-16-35-28(26)38(37-25)22-9-11-23(39)12-10-22/h4-6,8,14-16,22-23,39H,9-12H2,1-3H3,(H,36,40)(H2,33,34,35)/t22-,23+. The summed E-state index contributed by atoms with van der Waals surface area (Å²) in [7, 11) is 0. The number of hydrogen-bond acceptors (Lipinski definition) is 6. The quantitative estimate of drug-likeness (QED) is 0.302. The molecule has 1 aliphatic carbocycles. The minimum atomic E-state index is -3.06. The molecule has 1 saturated carbocycles. The lowest BCUT2D eigenvalue weighted by molar-refractivity contribution is 0.0168. The summed E-state index contributed by atoms with van der Waals surface area (Å²) in [5.74, 6) is 2.97. The molecule has 8 nitrogen and oxygen atoms in total. The Balaban J connectivity index is 1.44. The molecule has 1 amide bonds. The van der Waals surface area contributed by atoms with Gasteiger partial charge in [0.15, 0.2) is 5.65 Å². The molecule has 5 rings (SSSR count). The third kappa shape index (κ3) is 5.51. The van der Waals surface area contributed by atoms with Gasteiger partial charge in [0.25, 0.3) is 11.8 Å². The summed E-state index contributed by atoms with van der Waals surface area (Å²) in [6.07, 6.45) is 4.03. The monoisotopic (exact) mass is 544 g/mol. The number of aromatic nitrogens is 4. The van der Waals surface area contributed by atoms with Gasteiger partial charge < -0.3 is 16.2 Å². The van der Waals surface area contributed by atoms with Crippen molar-refractivity contribution in [2.24, 2.45) is 0 Å². The second-order valence-electron chi connectivity index (χ2n) is 10.4. The van der Waals surface area contributed by atoms with Gasteiger partial charge in [0.1, 0.15) is 17.8 Å². The van der Waals surface area contributed by atoms with E-state index in [1.165, 1.54) is 24.5 Å². The van der Waals surface area contributed by atoms with E-state index >= 15 is 0 Å². The number of fused-ring (bicyclic) bond motifs is 1. The van der Waals surface area contributed by atoms with Crippen LogP contribution in [0.4, 0.5) is 20.3 Å². The van der Waals surface area contributed by atoms with Crippen molar-refractivity contribution >= 4 is 28.4 Å². The maximum absolute atomic E-state index is 14.0. The van der Waals surface area contributed by atoms with Crippen LogP contribution in [-0.2, 0) is 5.92 Å². The molecule has 2 aromatic carbocycles. The fourth-order valence-corrected chi connectivity index (χ4v) is 5.04. The molecule has 206 valence electrons. The highest BCUT2D eigenvalue weighted by Crippen LogP contribution is 2.33. The number of anilines is 2. The summed E-state index contributed by atoms with van der Waals surface area (Å²) < 4.78 is 29.8. The SMILES string of the molecule is Cc1ccc(NC(=O)c2ccc(C)c(C(C)(F)F)c2)cc1C#Cc1nn([C@H]2CC[C@@H](O)CC2)c2ncnc(N)c12. The second-order valence-corrected chi connectivity index (χ2v) is 10.4. The van der Waals surface area contributed by atoms with E-state index in [0.717, 1.165) is 25.3 Å². The van der Waals surface area contributed by atoms with Gasteiger partial charge in [-0.3, -0.25) is 4.79 Å². The average Bonchev–Trinajstić information content (AvgIpc) is 3.29. The summed E-state index contributed by atoms with van der Waals surface area (Å²) in [4.78, 5) is 21.4. The lowest BCUT2D eigenvalue weighted by Gasteiger charge is -2.25. The highest BCUT2D eigenvalue weighted by molar-refractivity contribution is 6.04. The molecular weight excluding hydrogens is 514 g/mol. The Hall–Kier alpha value is -4.36. The molecular formula is C30H30F2N6O2. The van der Waals surface area contributed by atoms with Crippen molar-refractivity contribution < 1.29 is 18.7 Å². The van der Waals surface area contributed by atoms with E-state index in [0.29, 0.717) is 46.4 Å². The number of aliphatic hydroxyl groups is 1. The van der Waals surface area contributed by atoms with Gasteiger partial charge in [-0.1, -0.05) is 18.1 Å². The van der Waals surface area contributed by atoms with Crippen LogP contribution in [0, 0.1) is 25.7 Å². The highest BCUT2D eigenvalue weighted by Gasteiger charge is 2.28. The number of carbonyl (C=O) groups excluding carboxylic acids is 1. The number of aliphatic hydroxyl groups excluding tert-OH is 1. The fraction of sp³-hybridized carbons (Fsp3) is 0.333. The van der Waals surface area contributed by atoms with Gasteiger partial charge in [-0.15, -0.1) is 0 Å². The van der Waals surface area contributed by atoms with Crippen LogP contribution in [-0.4, -0.2) is 36.9 Å². The molecule has 0 unspecified atom stereocenters. The van der Waals surface area contributed by atoms with E-state index in [1.807, 2.05) is 17.7 Å². The number of nitrogens with one attached hydrogen (secondary N) is 1. The zero-order chi connectivity index (χ0) is 28.6. The van der Waals surface area contributed by atoms with Gasteiger partial charge in [0.2, 0.25) is 0 Å². The van der Waals surface area contributed by atoms with Crippen LogP contribution in [0.2, 0.25) is 0 Å². The molecule has 2 aromatic heterocycles. The number of amides is 1. The van der Waals surface area contributed by atoms with E-state index < -0.39 is 11.8 Å². The van der Waals surface area contributed by atoms with Crippen LogP contribution < -0.4 is 11.1 Å². The normalized spacial score (nSPS) is 17.4. The number of nitrogens with two attached hydrogens (primary N) is 1. The Morgan fingerprint density at radius 3 is 2.52 bits per heavy atom. The van der Waals surface area contributed by atoms with Crippen LogP contribution in [0.25, 0.3) is 11.0 Å². The Morgan fingerprint density at radius 2 is 1.80 bits per heavy atom. The fourth-order valence-electron chi connectivity index (χ4n) is 5.04. The number of halogens is 2. The van der Waals surface area contributed by atoms with E-state index in [9.17, 15) is 18.7 Å². The molecule has 0 aliphatic heterocycles. The smallest absolute Gasteiger partial charge is 0.270 e. The van der Waals surface area contributed by atoms with Gasteiger partial charge >= 0.3 is 0 Å². The third-order valence-electron chi connectivity index (χ3n) is 7.31. The number of hydrogen-bond donors (Lipinski definition) is 3. The van der Waals surface area contributed by atoms with E-state index in [4.69, 9.17) is 10.8 Å². The second kappa shape index (κ2) is 10.7. The van der Waals surface area contributed by atoms with Crippen LogP contribution in [0.15, 0.2) is 42.7 Å². The first-order chi connectivity index (χ1) is 19.0. The number of nitrogens with zero attached hydrogens (tertiary/aromatic N) is 4. The molecule has 0 bridgehead atoms. The van der Waals surface area contributed by atoms with Crippen LogP contribution >= 0.6 is 0 Å². The van der Waals surface area contributed by atoms with E-state index in [-0.39, 0.29) is 29.1 Å². The number of alkyl halides is 2. The van der Waals surface area contributed by atoms with Crippen molar-refractivity contribution in [3.8, 4) is 11.8 Å². The maximum atomic E-state index is 14.0. The lowest BCUT2D eigenvalue weighted by Crippen LogP contribution is -2.22. The molecule has 0 atom stereocenters. The number of nitrogen functional groups attached to an aromatic ring is 1. The largest absolute Gasteiger partial charge is 0.393 e.